The maximum atomic E-state index is 5.94. The maximum absolute atomic E-state index is 5.94. The third kappa shape index (κ3) is 4.02. The van der Waals surface area contributed by atoms with Gasteiger partial charge in [-0.15, -0.1) is 0 Å². The van der Waals surface area contributed by atoms with Crippen LogP contribution < -0.4 is 5.32 Å². The monoisotopic (exact) mass is 283 g/mol. The van der Waals surface area contributed by atoms with Crippen molar-refractivity contribution in [1.29, 1.82) is 0 Å². The standard InChI is InChI=1S/C13H15Cl2N3/c1-18-9-10(8-17-18)2-3-16-7-11-4-12(14)6-13(15)5-11/h4-6,8-9,16H,2-3,7H2,1H3. The van der Waals surface area contributed by atoms with Gasteiger partial charge in [-0.25, -0.2) is 0 Å². The average Bonchev–Trinajstić information content (AvgIpc) is 2.69. The Hall–Kier alpha value is -1.03. The van der Waals surface area contributed by atoms with E-state index < -0.39 is 0 Å². The van der Waals surface area contributed by atoms with Gasteiger partial charge in [-0.1, -0.05) is 23.2 Å². The zero-order valence-corrected chi connectivity index (χ0v) is 11.7. The molecule has 3 nitrogen and oxygen atoms in total. The van der Waals surface area contributed by atoms with Crippen LogP contribution in [0.5, 0.6) is 0 Å². The molecule has 0 unspecified atom stereocenters. The normalized spacial score (nSPS) is 10.8. The molecule has 0 radical (unpaired) electrons. The van der Waals surface area contributed by atoms with Crippen molar-refractivity contribution in [2.24, 2.45) is 7.05 Å². The third-order valence-corrected chi connectivity index (χ3v) is 3.04. The van der Waals surface area contributed by atoms with Crippen molar-refractivity contribution < 1.29 is 0 Å². The summed E-state index contributed by atoms with van der Waals surface area (Å²) < 4.78 is 1.81. The number of halogens is 2. The molecule has 2 rings (SSSR count). The molecule has 0 aliphatic carbocycles. The molecule has 0 fully saturated rings. The average molecular weight is 284 g/mol. The summed E-state index contributed by atoms with van der Waals surface area (Å²) in [7, 11) is 1.92. The number of nitrogens with one attached hydrogen (secondary N) is 1. The zero-order chi connectivity index (χ0) is 13.0. The van der Waals surface area contributed by atoms with Crippen molar-refractivity contribution in [1.82, 2.24) is 15.1 Å². The molecule has 0 aliphatic rings. The Morgan fingerprint density at radius 3 is 2.50 bits per heavy atom. The molecule has 1 aromatic heterocycles. The fraction of sp³-hybridized carbons (Fsp3) is 0.308. The minimum Gasteiger partial charge on any atom is -0.312 e. The molecule has 0 bridgehead atoms. The number of hydrogen-bond donors (Lipinski definition) is 1. The van der Waals surface area contributed by atoms with Crippen LogP contribution >= 0.6 is 23.2 Å². The Labute approximate surface area is 117 Å². The number of rotatable bonds is 5. The van der Waals surface area contributed by atoms with Crippen molar-refractivity contribution in [3.63, 3.8) is 0 Å². The highest BCUT2D eigenvalue weighted by Crippen LogP contribution is 2.18. The zero-order valence-electron chi connectivity index (χ0n) is 10.2. The van der Waals surface area contributed by atoms with Gasteiger partial charge in [0.05, 0.1) is 6.20 Å². The molecule has 0 amide bonds. The van der Waals surface area contributed by atoms with E-state index in [4.69, 9.17) is 23.2 Å². The lowest BCUT2D eigenvalue weighted by atomic mass is 10.2. The molecule has 5 heteroatoms. The summed E-state index contributed by atoms with van der Waals surface area (Å²) in [6.07, 6.45) is 4.87. The molecule has 0 atom stereocenters. The second-order valence-corrected chi connectivity index (χ2v) is 5.10. The summed E-state index contributed by atoms with van der Waals surface area (Å²) in [6, 6.07) is 5.58. The molecule has 0 saturated carbocycles. The Kier molecular flexibility index (Phi) is 4.64. The van der Waals surface area contributed by atoms with Crippen molar-refractivity contribution in [2.45, 2.75) is 13.0 Å². The molecule has 1 heterocycles. The van der Waals surface area contributed by atoms with Crippen molar-refractivity contribution in [3.05, 3.63) is 51.8 Å². The van der Waals surface area contributed by atoms with Crippen LogP contribution in [0.1, 0.15) is 11.1 Å². The molecule has 1 aromatic carbocycles. The van der Waals surface area contributed by atoms with E-state index in [2.05, 4.69) is 10.4 Å². The van der Waals surface area contributed by atoms with E-state index in [0.29, 0.717) is 10.0 Å². The summed E-state index contributed by atoms with van der Waals surface area (Å²) in [4.78, 5) is 0. The molecular weight excluding hydrogens is 269 g/mol. The minimum atomic E-state index is 0.673. The highest BCUT2D eigenvalue weighted by Gasteiger charge is 1.99. The predicted octanol–water partition coefficient (Wildman–Crippen LogP) is 3.06. The molecule has 1 N–H and O–H groups in total. The Morgan fingerprint density at radius 2 is 1.89 bits per heavy atom. The lowest BCUT2D eigenvalue weighted by molar-refractivity contribution is 0.686. The van der Waals surface area contributed by atoms with Crippen LogP contribution in [0.3, 0.4) is 0 Å². The van der Waals surface area contributed by atoms with Gasteiger partial charge in [0.15, 0.2) is 0 Å². The lowest BCUT2D eigenvalue weighted by Crippen LogP contribution is -2.16. The Bertz CT molecular complexity index is 502. The van der Waals surface area contributed by atoms with Gasteiger partial charge >= 0.3 is 0 Å². The summed E-state index contributed by atoms with van der Waals surface area (Å²) >= 11 is 11.9. The molecule has 2 aromatic rings. The van der Waals surface area contributed by atoms with E-state index in [0.717, 1.165) is 25.1 Å². The fourth-order valence-electron chi connectivity index (χ4n) is 1.78. The number of hydrogen-bond acceptors (Lipinski definition) is 2. The van der Waals surface area contributed by atoms with Crippen molar-refractivity contribution in [2.75, 3.05) is 6.54 Å². The predicted molar refractivity (Wildman–Crippen MR) is 75.1 cm³/mol. The summed E-state index contributed by atoms with van der Waals surface area (Å²) in [6.45, 7) is 1.66. The summed E-state index contributed by atoms with van der Waals surface area (Å²) in [5.41, 5.74) is 2.33. The lowest BCUT2D eigenvalue weighted by Gasteiger charge is -2.05. The van der Waals surface area contributed by atoms with E-state index >= 15 is 0 Å². The van der Waals surface area contributed by atoms with Gasteiger partial charge in [-0.3, -0.25) is 4.68 Å². The van der Waals surface area contributed by atoms with Crippen LogP contribution in [-0.2, 0) is 20.0 Å². The van der Waals surface area contributed by atoms with Crippen molar-refractivity contribution >= 4 is 23.2 Å². The summed E-state index contributed by atoms with van der Waals surface area (Å²) in [5.74, 6) is 0. The van der Waals surface area contributed by atoms with Crippen LogP contribution in [0.25, 0.3) is 0 Å². The molecule has 0 aliphatic heterocycles. The topological polar surface area (TPSA) is 29.9 Å². The third-order valence-electron chi connectivity index (χ3n) is 2.60. The van der Waals surface area contributed by atoms with Gasteiger partial charge in [0.1, 0.15) is 0 Å². The van der Waals surface area contributed by atoms with Gasteiger partial charge in [0.25, 0.3) is 0 Å². The number of aryl methyl sites for hydroxylation is 1. The number of nitrogens with zero attached hydrogens (tertiary/aromatic N) is 2. The fourth-order valence-corrected chi connectivity index (χ4v) is 2.35. The largest absolute Gasteiger partial charge is 0.312 e. The number of aromatic nitrogens is 2. The first-order valence-electron chi connectivity index (χ1n) is 5.77. The maximum Gasteiger partial charge on any atom is 0.0522 e. The Morgan fingerprint density at radius 1 is 1.17 bits per heavy atom. The summed E-state index contributed by atoms with van der Waals surface area (Å²) in [5, 5.41) is 8.84. The van der Waals surface area contributed by atoms with Crippen LogP contribution in [0.15, 0.2) is 30.6 Å². The van der Waals surface area contributed by atoms with Crippen LogP contribution in [0, 0.1) is 0 Å². The van der Waals surface area contributed by atoms with Gasteiger partial charge in [-0.2, -0.15) is 5.10 Å². The van der Waals surface area contributed by atoms with Crippen LogP contribution in [-0.4, -0.2) is 16.3 Å². The van der Waals surface area contributed by atoms with Crippen molar-refractivity contribution in [3.8, 4) is 0 Å². The second-order valence-electron chi connectivity index (χ2n) is 4.23. The first-order valence-corrected chi connectivity index (χ1v) is 6.52. The molecule has 0 spiro atoms. The number of benzene rings is 1. The minimum absolute atomic E-state index is 0.673. The Balaban J connectivity index is 1.78. The van der Waals surface area contributed by atoms with Crippen LogP contribution in [0.2, 0.25) is 10.0 Å². The first kappa shape index (κ1) is 13.4. The quantitative estimate of drug-likeness (QED) is 0.855. The van der Waals surface area contributed by atoms with Gasteiger partial charge < -0.3 is 5.32 Å². The van der Waals surface area contributed by atoms with Gasteiger partial charge in [-0.05, 0) is 42.3 Å². The first-order chi connectivity index (χ1) is 8.63. The molecule has 96 valence electrons. The van der Waals surface area contributed by atoms with E-state index in [9.17, 15) is 0 Å². The highest BCUT2D eigenvalue weighted by molar-refractivity contribution is 6.34. The van der Waals surface area contributed by atoms with E-state index in [1.165, 1.54) is 5.56 Å². The van der Waals surface area contributed by atoms with Gasteiger partial charge in [0.2, 0.25) is 0 Å². The SMILES string of the molecule is Cn1cc(CCNCc2cc(Cl)cc(Cl)c2)cn1. The van der Waals surface area contributed by atoms with E-state index in [-0.39, 0.29) is 0 Å². The molecule has 18 heavy (non-hydrogen) atoms. The molecular formula is C13H15Cl2N3. The van der Waals surface area contributed by atoms with E-state index in [1.807, 2.05) is 36.3 Å². The molecule has 0 saturated heterocycles. The smallest absolute Gasteiger partial charge is 0.0522 e. The van der Waals surface area contributed by atoms with Crippen LogP contribution in [0.4, 0.5) is 0 Å². The van der Waals surface area contributed by atoms with E-state index in [1.54, 1.807) is 6.07 Å². The highest BCUT2D eigenvalue weighted by atomic mass is 35.5. The second kappa shape index (κ2) is 6.23. The van der Waals surface area contributed by atoms with Gasteiger partial charge in [0, 0.05) is 29.8 Å².